The summed E-state index contributed by atoms with van der Waals surface area (Å²) in [6.45, 7) is 3.25. The second-order valence-electron chi connectivity index (χ2n) is 7.17. The first-order chi connectivity index (χ1) is 13.0. The lowest BCUT2D eigenvalue weighted by molar-refractivity contribution is -0.132. The van der Waals surface area contributed by atoms with Gasteiger partial charge in [-0.15, -0.1) is 24.0 Å². The third-order valence-electron chi connectivity index (χ3n) is 5.03. The Morgan fingerprint density at radius 2 is 1.86 bits per heavy atom. The van der Waals surface area contributed by atoms with Crippen LogP contribution in [0.2, 0.25) is 0 Å². The Labute approximate surface area is 186 Å². The fourth-order valence-corrected chi connectivity index (χ4v) is 4.33. The van der Waals surface area contributed by atoms with Gasteiger partial charge in [0, 0.05) is 52.2 Å². The van der Waals surface area contributed by atoms with Gasteiger partial charge in [0.2, 0.25) is 5.91 Å². The SMILES string of the molecule is CCNC(=NCC1CCN(S(=O)(=O)C(F)(F)F)CC1)NC1CCC(=O)N(C)C1.I. The van der Waals surface area contributed by atoms with Crippen LogP contribution in [0.25, 0.3) is 0 Å². The Hall–Kier alpha value is -0.830. The third-order valence-corrected chi connectivity index (χ3v) is 6.66. The topological polar surface area (TPSA) is 94.1 Å². The minimum atomic E-state index is -5.26. The number of hydrogen-bond donors (Lipinski definition) is 2. The molecule has 2 heterocycles. The van der Waals surface area contributed by atoms with Gasteiger partial charge in [0.15, 0.2) is 5.96 Å². The van der Waals surface area contributed by atoms with Crippen molar-refractivity contribution in [3.05, 3.63) is 0 Å². The highest BCUT2D eigenvalue weighted by Crippen LogP contribution is 2.30. The lowest BCUT2D eigenvalue weighted by atomic mass is 9.98. The average Bonchev–Trinajstić information content (AvgIpc) is 2.62. The van der Waals surface area contributed by atoms with Crippen LogP contribution in [0.1, 0.15) is 32.6 Å². The van der Waals surface area contributed by atoms with E-state index in [0.29, 0.717) is 55.6 Å². The summed E-state index contributed by atoms with van der Waals surface area (Å²) in [7, 11) is -3.50. The standard InChI is InChI=1S/C16H28F3N5O3S.HI/c1-3-20-15(22-13-4-5-14(25)23(2)11-13)21-10-12-6-8-24(9-7-12)28(26,27)16(17,18)19;/h12-13H,3-11H2,1-2H3,(H2,20,21,22);1H. The normalized spacial score (nSPS) is 22.9. The molecule has 2 N–H and O–H groups in total. The van der Waals surface area contributed by atoms with Crippen LogP contribution < -0.4 is 10.6 Å². The minimum absolute atomic E-state index is 0. The molecule has 0 bridgehead atoms. The maximum Gasteiger partial charge on any atom is 0.511 e. The largest absolute Gasteiger partial charge is 0.511 e. The van der Waals surface area contributed by atoms with Gasteiger partial charge in [-0.1, -0.05) is 0 Å². The second kappa shape index (κ2) is 11.0. The molecule has 0 aromatic carbocycles. The molecule has 0 aromatic heterocycles. The van der Waals surface area contributed by atoms with Crippen molar-refractivity contribution >= 4 is 45.9 Å². The summed E-state index contributed by atoms with van der Waals surface area (Å²) in [4.78, 5) is 17.8. The number of sulfonamides is 1. The lowest BCUT2D eigenvalue weighted by Gasteiger charge is -2.32. The highest BCUT2D eigenvalue weighted by molar-refractivity contribution is 14.0. The number of piperidine rings is 2. The number of nitrogens with one attached hydrogen (secondary N) is 2. The summed E-state index contributed by atoms with van der Waals surface area (Å²) in [5.74, 6) is 0.729. The molecule has 0 aliphatic carbocycles. The average molecular weight is 555 g/mol. The van der Waals surface area contributed by atoms with Gasteiger partial charge in [0.25, 0.3) is 0 Å². The third kappa shape index (κ3) is 7.12. The minimum Gasteiger partial charge on any atom is -0.357 e. The van der Waals surface area contributed by atoms with Gasteiger partial charge in [-0.3, -0.25) is 9.79 Å². The summed E-state index contributed by atoms with van der Waals surface area (Å²) >= 11 is 0. The summed E-state index contributed by atoms with van der Waals surface area (Å²) in [6, 6.07) is 0.0827. The number of halogens is 4. The molecule has 13 heteroatoms. The number of hydrogen-bond acceptors (Lipinski definition) is 4. The Morgan fingerprint density at radius 3 is 2.38 bits per heavy atom. The highest BCUT2D eigenvalue weighted by Gasteiger charge is 2.50. The quantitative estimate of drug-likeness (QED) is 0.304. The number of guanidine groups is 1. The lowest BCUT2D eigenvalue weighted by Crippen LogP contribution is -2.51. The number of alkyl halides is 3. The van der Waals surface area contributed by atoms with Crippen LogP contribution in [-0.4, -0.2) is 80.8 Å². The monoisotopic (exact) mass is 555 g/mol. The van der Waals surface area contributed by atoms with Crippen LogP contribution in [0, 0.1) is 5.92 Å². The van der Waals surface area contributed by atoms with E-state index < -0.39 is 15.5 Å². The van der Waals surface area contributed by atoms with Crippen LogP contribution >= 0.6 is 24.0 Å². The number of carbonyl (C=O) groups is 1. The van der Waals surface area contributed by atoms with E-state index in [2.05, 4.69) is 15.6 Å². The van der Waals surface area contributed by atoms with Gasteiger partial charge in [-0.05, 0) is 32.1 Å². The Balaban J connectivity index is 0.00000420. The van der Waals surface area contributed by atoms with Crippen LogP contribution in [-0.2, 0) is 14.8 Å². The van der Waals surface area contributed by atoms with E-state index in [0.717, 1.165) is 0 Å². The molecule has 0 aromatic rings. The van der Waals surface area contributed by atoms with Crippen molar-refractivity contribution in [3.63, 3.8) is 0 Å². The highest BCUT2D eigenvalue weighted by atomic mass is 127. The molecule has 1 unspecified atom stereocenters. The molecule has 0 radical (unpaired) electrons. The molecule has 170 valence electrons. The first-order valence-corrected chi connectivity index (χ1v) is 10.8. The maximum atomic E-state index is 12.6. The van der Waals surface area contributed by atoms with Crippen LogP contribution in [0.3, 0.4) is 0 Å². The van der Waals surface area contributed by atoms with Crippen molar-refractivity contribution in [3.8, 4) is 0 Å². The first-order valence-electron chi connectivity index (χ1n) is 9.39. The van der Waals surface area contributed by atoms with Crippen LogP contribution in [0.15, 0.2) is 4.99 Å². The predicted molar refractivity (Wildman–Crippen MR) is 114 cm³/mol. The summed E-state index contributed by atoms with van der Waals surface area (Å²) in [5.41, 5.74) is -5.26. The Bertz CT molecular complexity index is 682. The number of nitrogens with zero attached hydrogens (tertiary/aromatic N) is 3. The van der Waals surface area contributed by atoms with Crippen molar-refractivity contribution in [1.82, 2.24) is 19.8 Å². The first kappa shape index (κ1) is 26.2. The van der Waals surface area contributed by atoms with E-state index >= 15 is 0 Å². The fraction of sp³-hybridized carbons (Fsp3) is 0.875. The van der Waals surface area contributed by atoms with Crippen molar-refractivity contribution in [2.24, 2.45) is 10.9 Å². The molecule has 2 rings (SSSR count). The smallest absolute Gasteiger partial charge is 0.357 e. The van der Waals surface area contributed by atoms with Crippen LogP contribution in [0.4, 0.5) is 13.2 Å². The van der Waals surface area contributed by atoms with E-state index in [1.807, 2.05) is 6.92 Å². The van der Waals surface area contributed by atoms with Gasteiger partial charge >= 0.3 is 15.5 Å². The van der Waals surface area contributed by atoms with Crippen molar-refractivity contribution in [2.45, 2.75) is 44.2 Å². The maximum absolute atomic E-state index is 12.6. The van der Waals surface area contributed by atoms with E-state index in [-0.39, 0.29) is 54.9 Å². The zero-order chi connectivity index (χ0) is 20.9. The van der Waals surface area contributed by atoms with Gasteiger partial charge in [-0.2, -0.15) is 17.5 Å². The molecule has 2 saturated heterocycles. The second-order valence-corrected chi connectivity index (χ2v) is 9.10. The van der Waals surface area contributed by atoms with Gasteiger partial charge in [-0.25, -0.2) is 8.42 Å². The van der Waals surface area contributed by atoms with E-state index in [9.17, 15) is 26.4 Å². The fourth-order valence-electron chi connectivity index (χ4n) is 3.34. The molecule has 29 heavy (non-hydrogen) atoms. The molecule has 2 fully saturated rings. The van der Waals surface area contributed by atoms with Crippen molar-refractivity contribution < 1.29 is 26.4 Å². The number of rotatable bonds is 5. The number of carbonyl (C=O) groups excluding carboxylic acids is 1. The molecule has 8 nitrogen and oxygen atoms in total. The number of likely N-dealkylation sites (N-methyl/N-ethyl adjacent to an activating group) is 1. The predicted octanol–water partition coefficient (Wildman–Crippen LogP) is 1.34. The molecule has 1 atom stereocenters. The summed E-state index contributed by atoms with van der Waals surface area (Å²) < 4.78 is 61.3. The molecule has 0 spiro atoms. The molecule has 1 amide bonds. The molecule has 2 aliphatic rings. The van der Waals surface area contributed by atoms with Crippen molar-refractivity contribution in [1.29, 1.82) is 0 Å². The van der Waals surface area contributed by atoms with E-state index in [1.54, 1.807) is 11.9 Å². The van der Waals surface area contributed by atoms with Gasteiger partial charge in [0.1, 0.15) is 0 Å². The zero-order valence-electron chi connectivity index (χ0n) is 16.5. The Morgan fingerprint density at radius 1 is 1.24 bits per heavy atom. The molecule has 0 saturated carbocycles. The molecular weight excluding hydrogens is 526 g/mol. The summed E-state index contributed by atoms with van der Waals surface area (Å²) in [5, 5.41) is 6.42. The number of aliphatic imine (C=N–C) groups is 1. The Kier molecular flexibility index (Phi) is 9.92. The van der Waals surface area contributed by atoms with E-state index in [1.165, 1.54) is 0 Å². The van der Waals surface area contributed by atoms with E-state index in [4.69, 9.17) is 0 Å². The number of likely N-dealkylation sites (tertiary alicyclic amines) is 1. The molecular formula is C16H29F3IN5O3S. The summed E-state index contributed by atoms with van der Waals surface area (Å²) in [6.07, 6.45) is 1.85. The zero-order valence-corrected chi connectivity index (χ0v) is 19.7. The van der Waals surface area contributed by atoms with Crippen LogP contribution in [0.5, 0.6) is 0 Å². The van der Waals surface area contributed by atoms with Crippen molar-refractivity contribution in [2.75, 3.05) is 39.8 Å². The number of amides is 1. The van der Waals surface area contributed by atoms with Gasteiger partial charge in [0.05, 0.1) is 0 Å². The van der Waals surface area contributed by atoms with Gasteiger partial charge < -0.3 is 15.5 Å². The molecule has 2 aliphatic heterocycles.